The maximum absolute atomic E-state index is 13.2. The summed E-state index contributed by atoms with van der Waals surface area (Å²) < 4.78 is 18.6. The van der Waals surface area contributed by atoms with Crippen LogP contribution in [0.4, 0.5) is 10.1 Å². The Morgan fingerprint density at radius 3 is 2.59 bits per heavy atom. The van der Waals surface area contributed by atoms with Crippen molar-refractivity contribution in [1.29, 1.82) is 5.26 Å². The van der Waals surface area contributed by atoms with E-state index in [9.17, 15) is 9.65 Å². The van der Waals surface area contributed by atoms with Gasteiger partial charge in [0.1, 0.15) is 11.9 Å². The zero-order chi connectivity index (χ0) is 15.4. The molecular weight excluding hydrogens is 281 g/mol. The lowest BCUT2D eigenvalue weighted by atomic mass is 9.95. The summed E-state index contributed by atoms with van der Waals surface area (Å²) in [6.07, 6.45) is 2.25. The fourth-order valence-electron chi connectivity index (χ4n) is 3.38. The number of nitrogens with zero attached hydrogens (tertiary/aromatic N) is 3. The summed E-state index contributed by atoms with van der Waals surface area (Å²) in [5.74, 6) is 0.364. The number of ether oxygens (including phenoxy) is 1. The molecule has 2 heterocycles. The van der Waals surface area contributed by atoms with Crippen LogP contribution in [-0.2, 0) is 4.74 Å². The van der Waals surface area contributed by atoms with E-state index in [1.807, 2.05) is 0 Å². The van der Waals surface area contributed by atoms with Crippen molar-refractivity contribution >= 4 is 5.69 Å². The van der Waals surface area contributed by atoms with E-state index >= 15 is 0 Å². The van der Waals surface area contributed by atoms with Gasteiger partial charge in [0.05, 0.1) is 24.5 Å². The highest BCUT2D eigenvalue weighted by Crippen LogP contribution is 2.27. The largest absolute Gasteiger partial charge is 0.379 e. The van der Waals surface area contributed by atoms with Crippen LogP contribution in [0.3, 0.4) is 0 Å². The van der Waals surface area contributed by atoms with Gasteiger partial charge < -0.3 is 9.64 Å². The normalized spacial score (nSPS) is 20.8. The van der Waals surface area contributed by atoms with Gasteiger partial charge in [-0.3, -0.25) is 4.90 Å². The monoisotopic (exact) mass is 303 g/mol. The maximum Gasteiger partial charge on any atom is 0.124 e. The van der Waals surface area contributed by atoms with Gasteiger partial charge in [-0.1, -0.05) is 0 Å². The Morgan fingerprint density at radius 2 is 1.91 bits per heavy atom. The van der Waals surface area contributed by atoms with Crippen molar-refractivity contribution in [3.05, 3.63) is 29.6 Å². The number of anilines is 1. The van der Waals surface area contributed by atoms with Crippen molar-refractivity contribution in [3.8, 4) is 6.07 Å². The molecule has 0 unspecified atom stereocenters. The Morgan fingerprint density at radius 1 is 1.18 bits per heavy atom. The molecule has 3 rings (SSSR count). The van der Waals surface area contributed by atoms with Crippen LogP contribution in [0.2, 0.25) is 0 Å². The molecule has 2 aliphatic rings. The Balaban J connectivity index is 1.56. The zero-order valence-corrected chi connectivity index (χ0v) is 12.8. The molecule has 0 atom stereocenters. The summed E-state index contributed by atoms with van der Waals surface area (Å²) in [7, 11) is 0. The van der Waals surface area contributed by atoms with Crippen LogP contribution in [0.1, 0.15) is 18.4 Å². The number of benzene rings is 1. The topological polar surface area (TPSA) is 39.5 Å². The highest BCUT2D eigenvalue weighted by atomic mass is 19.1. The van der Waals surface area contributed by atoms with Gasteiger partial charge in [0.15, 0.2) is 0 Å². The summed E-state index contributed by atoms with van der Waals surface area (Å²) >= 11 is 0. The molecule has 0 bridgehead atoms. The minimum Gasteiger partial charge on any atom is -0.379 e. The minimum absolute atomic E-state index is 0.345. The molecule has 1 aromatic rings. The van der Waals surface area contributed by atoms with E-state index in [-0.39, 0.29) is 5.82 Å². The predicted octanol–water partition coefficient (Wildman–Crippen LogP) is 2.25. The van der Waals surface area contributed by atoms with Crippen LogP contribution in [-0.4, -0.2) is 50.8 Å². The standard InChI is InChI=1S/C17H22FN3O/c18-16-1-2-17(15(11-16)12-19)21-5-3-14(4-6-21)13-20-7-9-22-10-8-20/h1-2,11,14H,3-10,13H2. The first-order valence-corrected chi connectivity index (χ1v) is 8.01. The van der Waals surface area contributed by atoms with Gasteiger partial charge in [-0.15, -0.1) is 0 Å². The molecule has 0 saturated carbocycles. The Bertz CT molecular complexity index is 543. The second-order valence-electron chi connectivity index (χ2n) is 6.12. The second-order valence-corrected chi connectivity index (χ2v) is 6.12. The van der Waals surface area contributed by atoms with Gasteiger partial charge >= 0.3 is 0 Å². The fourth-order valence-corrected chi connectivity index (χ4v) is 3.38. The van der Waals surface area contributed by atoms with E-state index in [0.717, 1.165) is 64.5 Å². The molecule has 2 fully saturated rings. The number of hydrogen-bond donors (Lipinski definition) is 0. The van der Waals surface area contributed by atoms with Crippen LogP contribution in [0.5, 0.6) is 0 Å². The lowest BCUT2D eigenvalue weighted by Crippen LogP contribution is -2.43. The van der Waals surface area contributed by atoms with Gasteiger partial charge in [0.2, 0.25) is 0 Å². The third-order valence-electron chi connectivity index (χ3n) is 4.65. The molecule has 4 nitrogen and oxygen atoms in total. The number of hydrogen-bond acceptors (Lipinski definition) is 4. The summed E-state index contributed by atoms with van der Waals surface area (Å²) in [6, 6.07) is 6.61. The number of nitriles is 1. The highest BCUT2D eigenvalue weighted by molar-refractivity contribution is 5.59. The van der Waals surface area contributed by atoms with Crippen molar-refractivity contribution in [2.75, 3.05) is 50.8 Å². The highest BCUT2D eigenvalue weighted by Gasteiger charge is 2.23. The van der Waals surface area contributed by atoms with Crippen molar-refractivity contribution in [2.45, 2.75) is 12.8 Å². The summed E-state index contributed by atoms with van der Waals surface area (Å²) in [5, 5.41) is 9.18. The predicted molar refractivity (Wildman–Crippen MR) is 83.3 cm³/mol. The smallest absolute Gasteiger partial charge is 0.124 e. The van der Waals surface area contributed by atoms with Crippen LogP contribution >= 0.6 is 0 Å². The molecule has 0 radical (unpaired) electrons. The average molecular weight is 303 g/mol. The number of morpholine rings is 1. The Kier molecular flexibility index (Phi) is 4.91. The van der Waals surface area contributed by atoms with Crippen molar-refractivity contribution < 1.29 is 9.13 Å². The lowest BCUT2D eigenvalue weighted by molar-refractivity contribution is 0.0289. The summed E-state index contributed by atoms with van der Waals surface area (Å²) in [4.78, 5) is 4.70. The first kappa shape index (κ1) is 15.3. The molecule has 0 aromatic heterocycles. The molecule has 0 amide bonds. The summed E-state index contributed by atoms with van der Waals surface area (Å²) in [5.41, 5.74) is 1.31. The molecule has 118 valence electrons. The number of piperidine rings is 1. The third kappa shape index (κ3) is 3.57. The van der Waals surface area contributed by atoms with E-state index < -0.39 is 0 Å². The Labute approximate surface area is 131 Å². The molecule has 22 heavy (non-hydrogen) atoms. The van der Waals surface area contributed by atoms with E-state index in [4.69, 9.17) is 4.74 Å². The van der Waals surface area contributed by atoms with Crippen LogP contribution < -0.4 is 4.90 Å². The van der Waals surface area contributed by atoms with E-state index in [0.29, 0.717) is 11.5 Å². The quantitative estimate of drug-likeness (QED) is 0.858. The molecule has 5 heteroatoms. The molecule has 1 aromatic carbocycles. The first-order chi connectivity index (χ1) is 10.8. The zero-order valence-electron chi connectivity index (χ0n) is 12.8. The van der Waals surface area contributed by atoms with Gasteiger partial charge in [-0.05, 0) is 37.0 Å². The van der Waals surface area contributed by atoms with Gasteiger partial charge in [0, 0.05) is 32.7 Å². The van der Waals surface area contributed by atoms with Crippen LogP contribution in [0.15, 0.2) is 18.2 Å². The average Bonchev–Trinajstić information content (AvgIpc) is 2.56. The molecule has 2 saturated heterocycles. The number of halogens is 1. The molecule has 0 N–H and O–H groups in total. The molecule has 0 aliphatic carbocycles. The van der Waals surface area contributed by atoms with Gasteiger partial charge in [-0.2, -0.15) is 5.26 Å². The third-order valence-corrected chi connectivity index (χ3v) is 4.65. The molecule has 2 aliphatic heterocycles. The van der Waals surface area contributed by atoms with E-state index in [2.05, 4.69) is 15.9 Å². The maximum atomic E-state index is 13.2. The van der Waals surface area contributed by atoms with Gasteiger partial charge in [-0.25, -0.2) is 4.39 Å². The van der Waals surface area contributed by atoms with Crippen molar-refractivity contribution in [1.82, 2.24) is 4.90 Å². The van der Waals surface area contributed by atoms with E-state index in [1.54, 1.807) is 6.07 Å². The Hall–Kier alpha value is -1.64. The van der Waals surface area contributed by atoms with Crippen molar-refractivity contribution in [3.63, 3.8) is 0 Å². The van der Waals surface area contributed by atoms with Crippen molar-refractivity contribution in [2.24, 2.45) is 5.92 Å². The lowest BCUT2D eigenvalue weighted by Gasteiger charge is -2.37. The molecular formula is C17H22FN3O. The number of rotatable bonds is 3. The van der Waals surface area contributed by atoms with Crippen LogP contribution in [0, 0.1) is 23.1 Å². The van der Waals surface area contributed by atoms with E-state index in [1.165, 1.54) is 12.1 Å². The fraction of sp³-hybridized carbons (Fsp3) is 0.588. The van der Waals surface area contributed by atoms with Gasteiger partial charge in [0.25, 0.3) is 0 Å². The summed E-state index contributed by atoms with van der Waals surface area (Å²) in [6.45, 7) is 6.80. The first-order valence-electron chi connectivity index (χ1n) is 8.01. The minimum atomic E-state index is -0.345. The van der Waals surface area contributed by atoms with Crippen LogP contribution in [0.25, 0.3) is 0 Å². The SMILES string of the molecule is N#Cc1cc(F)ccc1N1CCC(CN2CCOCC2)CC1. The molecule has 0 spiro atoms. The second kappa shape index (κ2) is 7.08.